The summed E-state index contributed by atoms with van der Waals surface area (Å²) < 4.78 is 0. The van der Waals surface area contributed by atoms with Gasteiger partial charge < -0.3 is 41.7 Å². The Balaban J connectivity index is 0.972. The van der Waals surface area contributed by atoms with Gasteiger partial charge in [0, 0.05) is 60.6 Å². The van der Waals surface area contributed by atoms with Crippen molar-refractivity contribution in [3.8, 4) is 0 Å². The molecule has 8 rings (SSSR count). The zero-order valence-corrected chi connectivity index (χ0v) is 49.0. The van der Waals surface area contributed by atoms with E-state index in [-0.39, 0.29) is 96.8 Å². The van der Waals surface area contributed by atoms with Crippen molar-refractivity contribution in [2.75, 3.05) is 18.9 Å². The number of Topliss-reactive ketones (excluding diaryl/α,β-unsaturated/α-hetero) is 1. The summed E-state index contributed by atoms with van der Waals surface area (Å²) in [7, 11) is 1.70. The summed E-state index contributed by atoms with van der Waals surface area (Å²) >= 11 is 0. The largest absolute Gasteiger partial charge is 0.347 e. The summed E-state index contributed by atoms with van der Waals surface area (Å²) in [5, 5.41) is 18.6. The number of hydrogen-bond acceptors (Lipinski definition) is 9. The maximum absolute atomic E-state index is 14.8. The Bertz CT molecular complexity index is 3020. The average molecular weight is 1110 g/mol. The summed E-state index contributed by atoms with van der Waals surface area (Å²) in [6, 6.07) is 23.6. The van der Waals surface area contributed by atoms with Crippen LogP contribution in [-0.4, -0.2) is 101 Å². The first-order valence-electron chi connectivity index (χ1n) is 29.2. The number of benzene rings is 4. The maximum atomic E-state index is 14.8. The van der Waals surface area contributed by atoms with Crippen LogP contribution in [-0.2, 0) is 54.6 Å². The Morgan fingerprint density at radius 3 is 1.75 bits per heavy atom. The topological polar surface area (TPSA) is 215 Å². The van der Waals surface area contributed by atoms with E-state index in [2.05, 4.69) is 44.0 Å². The molecule has 16 nitrogen and oxygen atoms in total. The molecule has 432 valence electrons. The van der Waals surface area contributed by atoms with E-state index in [1.54, 1.807) is 54.1 Å². The monoisotopic (exact) mass is 1100 g/mol. The smallest absolute Gasteiger partial charge is 0.255 e. The lowest BCUT2D eigenvalue weighted by Gasteiger charge is -2.42. The van der Waals surface area contributed by atoms with Gasteiger partial charge in [0.2, 0.25) is 29.5 Å². The Kier molecular flexibility index (Phi) is 18.7. The minimum absolute atomic E-state index is 0.00877. The van der Waals surface area contributed by atoms with Crippen LogP contribution in [0.3, 0.4) is 0 Å². The van der Waals surface area contributed by atoms with E-state index in [0.717, 1.165) is 60.8 Å². The molecule has 1 fully saturated rings. The normalized spacial score (nSPS) is 21.1. The Morgan fingerprint density at radius 2 is 1.20 bits per heavy atom. The van der Waals surface area contributed by atoms with Gasteiger partial charge in [-0.05, 0) is 146 Å². The zero-order valence-electron chi connectivity index (χ0n) is 49.0. The third-order valence-corrected chi connectivity index (χ3v) is 17.3. The molecule has 0 radical (unpaired) electrons. The standard InChI is InChI=1S/C65H84N8O8/c1-11-38(2)57(75)71-56(65(7,8)9)63(81)72-36-44-30-31-46(32-45(44)33-53(72)60(78)69-51-24-16-20-40-18-12-14-22-48(40)51)67-58(76)42-26-28-43(29-27-42)59(77)68-47-34-54(61(79)70-52-25-17-21-41-19-13-15-23-49(41)52)73(37-47)62(80)50(64(4,5)6)35-55(74)39(3)66-10/h12-15,18-19,22-23,26-32,38-39,47,50-54,56,66H,11,16-17,20-21,24-25,33-37H2,1-10H3,(H,67,76)(H,68,77)(H,69,78)(H,70,79)(H,71,75)/t38-,39+,47?,50-,51?,52?,53+,54+,56-/m1/s1. The van der Waals surface area contributed by atoms with Gasteiger partial charge in [0.05, 0.1) is 18.1 Å². The van der Waals surface area contributed by atoms with Gasteiger partial charge in [-0.15, -0.1) is 0 Å². The van der Waals surface area contributed by atoms with E-state index in [1.807, 2.05) is 104 Å². The van der Waals surface area contributed by atoms with Crippen LogP contribution in [0.25, 0.3) is 0 Å². The van der Waals surface area contributed by atoms with E-state index in [9.17, 15) is 38.4 Å². The van der Waals surface area contributed by atoms with Crippen molar-refractivity contribution in [2.24, 2.45) is 22.7 Å². The number of likely N-dealkylation sites (tertiary alicyclic amines) is 1. The Hall–Kier alpha value is -7.20. The predicted octanol–water partition coefficient (Wildman–Crippen LogP) is 8.09. The van der Waals surface area contributed by atoms with Crippen molar-refractivity contribution in [3.63, 3.8) is 0 Å². The number of likely N-dealkylation sites (N-methyl/N-ethyl adjacent to an activating group) is 1. The molecule has 4 aliphatic rings. The molecule has 9 atom stereocenters. The lowest BCUT2D eigenvalue weighted by atomic mass is 9.76. The first-order chi connectivity index (χ1) is 38.4. The fourth-order valence-corrected chi connectivity index (χ4v) is 11.9. The molecule has 4 aromatic rings. The number of fused-ring (bicyclic) bond motifs is 3. The minimum Gasteiger partial charge on any atom is -0.347 e. The van der Waals surface area contributed by atoms with Gasteiger partial charge in [0.1, 0.15) is 23.9 Å². The lowest BCUT2D eigenvalue weighted by Crippen LogP contribution is -2.61. The molecule has 2 aliphatic heterocycles. The van der Waals surface area contributed by atoms with E-state index in [4.69, 9.17) is 0 Å². The van der Waals surface area contributed by atoms with E-state index >= 15 is 0 Å². The van der Waals surface area contributed by atoms with Gasteiger partial charge in [0.25, 0.3) is 11.8 Å². The number of amides is 7. The molecule has 0 saturated carbocycles. The van der Waals surface area contributed by atoms with Crippen LogP contribution in [0.2, 0.25) is 0 Å². The summed E-state index contributed by atoms with van der Waals surface area (Å²) in [5.74, 6) is -3.49. The zero-order chi connectivity index (χ0) is 58.5. The van der Waals surface area contributed by atoms with Gasteiger partial charge in [0.15, 0.2) is 0 Å². The number of ketones is 1. The number of rotatable bonds is 17. The molecule has 2 heterocycles. The summed E-state index contributed by atoms with van der Waals surface area (Å²) in [6.07, 6.45) is 6.12. The number of anilines is 1. The second kappa shape index (κ2) is 25.3. The van der Waals surface area contributed by atoms with Gasteiger partial charge in [-0.1, -0.05) is 110 Å². The van der Waals surface area contributed by atoms with Crippen LogP contribution in [0, 0.1) is 22.7 Å². The van der Waals surface area contributed by atoms with Crippen LogP contribution < -0.4 is 31.9 Å². The van der Waals surface area contributed by atoms with Crippen molar-refractivity contribution >= 4 is 52.8 Å². The quantitative estimate of drug-likeness (QED) is 0.0602. The highest BCUT2D eigenvalue weighted by atomic mass is 16.2. The fourth-order valence-electron chi connectivity index (χ4n) is 11.9. The van der Waals surface area contributed by atoms with E-state index < -0.39 is 58.8 Å². The third kappa shape index (κ3) is 13.9. The highest BCUT2D eigenvalue weighted by molar-refractivity contribution is 6.05. The molecule has 3 unspecified atom stereocenters. The van der Waals surface area contributed by atoms with Crippen LogP contribution >= 0.6 is 0 Å². The van der Waals surface area contributed by atoms with Crippen molar-refractivity contribution in [2.45, 2.75) is 175 Å². The van der Waals surface area contributed by atoms with E-state index in [0.29, 0.717) is 12.1 Å². The summed E-state index contributed by atoms with van der Waals surface area (Å²) in [4.78, 5) is 116. The highest BCUT2D eigenvalue weighted by Crippen LogP contribution is 2.37. The highest BCUT2D eigenvalue weighted by Gasteiger charge is 2.47. The lowest BCUT2D eigenvalue weighted by molar-refractivity contribution is -0.147. The molecule has 0 spiro atoms. The first kappa shape index (κ1) is 59.9. The van der Waals surface area contributed by atoms with Crippen LogP contribution in [0.1, 0.15) is 173 Å². The SMILES string of the molecule is CC[C@@H](C)C(=O)N[C@H](C(=O)N1Cc2ccc(NC(=O)c3ccc(C(=O)NC4C[C@@H](C(=O)NC5CCCc6ccccc65)N(C(=O)[C@@H](CC(=O)[C@H](C)NC)C(C)(C)C)C4)cc3)cc2C[C@H]1C(=O)NC1CCCc2ccccc21)C(C)(C)C. The first-order valence-corrected chi connectivity index (χ1v) is 29.2. The number of aryl methyl sites for hydroxylation is 2. The molecule has 81 heavy (non-hydrogen) atoms. The van der Waals surface area contributed by atoms with Crippen LogP contribution in [0.15, 0.2) is 91.0 Å². The Morgan fingerprint density at radius 1 is 0.630 bits per heavy atom. The number of hydrogen-bond donors (Lipinski definition) is 6. The van der Waals surface area contributed by atoms with Crippen LogP contribution in [0.5, 0.6) is 0 Å². The number of nitrogens with zero attached hydrogens (tertiary/aromatic N) is 2. The number of carbonyl (C=O) groups is 8. The molecule has 1 saturated heterocycles. The van der Waals surface area contributed by atoms with Crippen molar-refractivity contribution in [1.29, 1.82) is 0 Å². The van der Waals surface area contributed by atoms with Gasteiger partial charge in [-0.3, -0.25) is 38.4 Å². The van der Waals surface area contributed by atoms with E-state index in [1.165, 1.54) is 11.1 Å². The third-order valence-electron chi connectivity index (χ3n) is 17.3. The second-order valence-electron chi connectivity index (χ2n) is 25.1. The van der Waals surface area contributed by atoms with Crippen molar-refractivity contribution < 1.29 is 38.4 Å². The van der Waals surface area contributed by atoms with Crippen molar-refractivity contribution in [1.82, 2.24) is 36.4 Å². The molecule has 7 amide bonds. The minimum atomic E-state index is -0.909. The molecule has 4 aromatic carbocycles. The second-order valence-corrected chi connectivity index (χ2v) is 25.1. The van der Waals surface area contributed by atoms with Gasteiger partial charge in [-0.2, -0.15) is 0 Å². The molecule has 0 bridgehead atoms. The molecule has 16 heteroatoms. The Labute approximate surface area is 478 Å². The predicted molar refractivity (Wildman–Crippen MR) is 313 cm³/mol. The average Bonchev–Trinajstić information content (AvgIpc) is 3.90. The number of carbonyl (C=O) groups excluding carboxylic acids is 8. The fraction of sp³-hybridized carbons (Fsp3) is 0.508. The summed E-state index contributed by atoms with van der Waals surface area (Å²) in [6.45, 7) is 17.2. The molecule has 2 aliphatic carbocycles. The maximum Gasteiger partial charge on any atom is 0.255 e. The van der Waals surface area contributed by atoms with Crippen molar-refractivity contribution in [3.05, 3.63) is 136 Å². The van der Waals surface area contributed by atoms with Gasteiger partial charge in [-0.25, -0.2) is 0 Å². The number of nitrogens with one attached hydrogen (secondary N) is 6. The van der Waals surface area contributed by atoms with Gasteiger partial charge >= 0.3 is 0 Å². The molecular formula is C65H84N8O8. The summed E-state index contributed by atoms with van der Waals surface area (Å²) in [5.41, 5.74) is 5.86. The molecule has 6 N–H and O–H groups in total. The van der Waals surface area contributed by atoms with Crippen LogP contribution in [0.4, 0.5) is 5.69 Å². The molecule has 0 aromatic heterocycles. The molecular weight excluding hydrogens is 1020 g/mol.